The molecule has 1 fully saturated rings. The summed E-state index contributed by atoms with van der Waals surface area (Å²) in [5.74, 6) is 0.708. The van der Waals surface area contributed by atoms with E-state index in [2.05, 4.69) is 37.9 Å². The van der Waals surface area contributed by atoms with Crippen molar-refractivity contribution in [2.45, 2.75) is 32.2 Å². The Labute approximate surface area is 190 Å². The molecule has 2 heterocycles. The lowest BCUT2D eigenvalue weighted by Crippen LogP contribution is -2.33. The first-order valence-electron chi connectivity index (χ1n) is 11.5. The van der Waals surface area contributed by atoms with Gasteiger partial charge in [-0.15, -0.1) is 10.2 Å². The van der Waals surface area contributed by atoms with Gasteiger partial charge in [-0.1, -0.05) is 48.9 Å². The summed E-state index contributed by atoms with van der Waals surface area (Å²) >= 11 is 0. The zero-order valence-corrected chi connectivity index (χ0v) is 18.5. The van der Waals surface area contributed by atoms with Gasteiger partial charge in [0.1, 0.15) is 5.82 Å². The molecule has 0 aliphatic carbocycles. The molecule has 166 valence electrons. The predicted octanol–water partition coefficient (Wildman–Crippen LogP) is 4.36. The second-order valence-corrected chi connectivity index (χ2v) is 8.23. The number of carbonyl (C=O) groups excluding carboxylic acids is 1. The van der Waals surface area contributed by atoms with Gasteiger partial charge in [-0.05, 0) is 68.7 Å². The standard InChI is InChI=1S/C26H31N5O/c32-26(27-16-7-19-31-17-5-2-6-18-31)23-12-10-22(11-13-23)24-14-15-25(30-29-24)28-20-21-8-3-1-4-9-21/h1,3-4,8-15H,2,5-7,16-20H2,(H,27,32)(H,28,30). The van der Waals surface area contributed by atoms with Gasteiger partial charge in [0.2, 0.25) is 0 Å². The van der Waals surface area contributed by atoms with E-state index in [0.717, 1.165) is 30.0 Å². The number of piperidine rings is 1. The van der Waals surface area contributed by atoms with Crippen LogP contribution in [0.4, 0.5) is 5.82 Å². The number of rotatable bonds is 9. The SMILES string of the molecule is O=C(NCCCN1CCCCC1)c1ccc(-c2ccc(NCc3ccccc3)nn2)cc1. The van der Waals surface area contributed by atoms with Crippen molar-refractivity contribution in [1.82, 2.24) is 20.4 Å². The third-order valence-electron chi connectivity index (χ3n) is 5.81. The van der Waals surface area contributed by atoms with E-state index in [-0.39, 0.29) is 5.91 Å². The monoisotopic (exact) mass is 429 g/mol. The molecule has 0 atom stereocenters. The van der Waals surface area contributed by atoms with Crippen molar-refractivity contribution in [3.05, 3.63) is 77.9 Å². The fourth-order valence-electron chi connectivity index (χ4n) is 3.95. The summed E-state index contributed by atoms with van der Waals surface area (Å²) in [4.78, 5) is 14.9. The van der Waals surface area contributed by atoms with Crippen LogP contribution in [-0.2, 0) is 6.54 Å². The van der Waals surface area contributed by atoms with Gasteiger partial charge in [-0.25, -0.2) is 0 Å². The summed E-state index contributed by atoms with van der Waals surface area (Å²) in [7, 11) is 0. The van der Waals surface area contributed by atoms with Crippen molar-refractivity contribution in [2.24, 2.45) is 0 Å². The van der Waals surface area contributed by atoms with Gasteiger partial charge in [0.15, 0.2) is 0 Å². The number of aromatic nitrogens is 2. The minimum atomic E-state index is -0.0262. The molecule has 4 rings (SSSR count). The van der Waals surface area contributed by atoms with Gasteiger partial charge in [-0.3, -0.25) is 4.79 Å². The van der Waals surface area contributed by atoms with Crippen LogP contribution in [0.15, 0.2) is 66.7 Å². The Hall–Kier alpha value is -3.25. The van der Waals surface area contributed by atoms with Crippen molar-refractivity contribution in [1.29, 1.82) is 0 Å². The Balaban J connectivity index is 1.24. The first kappa shape index (κ1) is 22.0. The number of hydrogen-bond donors (Lipinski definition) is 2. The normalized spacial score (nSPS) is 14.1. The summed E-state index contributed by atoms with van der Waals surface area (Å²) < 4.78 is 0. The summed E-state index contributed by atoms with van der Waals surface area (Å²) in [6.45, 7) is 4.87. The number of amides is 1. The molecule has 32 heavy (non-hydrogen) atoms. The Bertz CT molecular complexity index is 967. The number of nitrogens with one attached hydrogen (secondary N) is 2. The first-order valence-corrected chi connectivity index (χ1v) is 11.5. The number of carbonyl (C=O) groups is 1. The molecule has 6 nitrogen and oxygen atoms in total. The highest BCUT2D eigenvalue weighted by Gasteiger charge is 2.10. The molecule has 3 aromatic rings. The maximum atomic E-state index is 12.4. The number of likely N-dealkylation sites (tertiary alicyclic amines) is 1. The fraction of sp³-hybridized carbons (Fsp3) is 0.346. The predicted molar refractivity (Wildman–Crippen MR) is 128 cm³/mol. The smallest absolute Gasteiger partial charge is 0.251 e. The Morgan fingerprint density at radius 3 is 2.38 bits per heavy atom. The molecule has 1 saturated heterocycles. The third-order valence-corrected chi connectivity index (χ3v) is 5.81. The maximum absolute atomic E-state index is 12.4. The molecule has 2 aromatic carbocycles. The summed E-state index contributed by atoms with van der Waals surface area (Å²) in [5, 5.41) is 14.9. The second-order valence-electron chi connectivity index (χ2n) is 8.23. The van der Waals surface area contributed by atoms with Gasteiger partial charge in [-0.2, -0.15) is 0 Å². The number of benzene rings is 2. The van der Waals surface area contributed by atoms with Crippen LogP contribution in [0.3, 0.4) is 0 Å². The van der Waals surface area contributed by atoms with Crippen LogP contribution in [0, 0.1) is 0 Å². The van der Waals surface area contributed by atoms with E-state index in [1.165, 1.54) is 37.9 Å². The first-order chi connectivity index (χ1) is 15.8. The number of hydrogen-bond acceptors (Lipinski definition) is 5. The van der Waals surface area contributed by atoms with Crippen LogP contribution in [0.25, 0.3) is 11.3 Å². The van der Waals surface area contributed by atoms with Crippen LogP contribution < -0.4 is 10.6 Å². The molecule has 0 bridgehead atoms. The molecule has 1 aliphatic heterocycles. The average molecular weight is 430 g/mol. The lowest BCUT2D eigenvalue weighted by atomic mass is 10.1. The van der Waals surface area contributed by atoms with E-state index in [1.54, 1.807) is 0 Å². The quantitative estimate of drug-likeness (QED) is 0.495. The van der Waals surface area contributed by atoms with Crippen LogP contribution in [0.5, 0.6) is 0 Å². The minimum Gasteiger partial charge on any atom is -0.365 e. The molecule has 0 radical (unpaired) electrons. The lowest BCUT2D eigenvalue weighted by Gasteiger charge is -2.26. The third kappa shape index (κ3) is 6.37. The van der Waals surface area contributed by atoms with E-state index in [9.17, 15) is 4.79 Å². The van der Waals surface area contributed by atoms with E-state index in [4.69, 9.17) is 0 Å². The zero-order valence-electron chi connectivity index (χ0n) is 18.5. The van der Waals surface area contributed by atoms with Crippen LogP contribution in [0.2, 0.25) is 0 Å². The molecular formula is C26H31N5O. The second kappa shape index (κ2) is 11.4. The topological polar surface area (TPSA) is 70.2 Å². The minimum absolute atomic E-state index is 0.0262. The average Bonchev–Trinajstić information content (AvgIpc) is 2.87. The van der Waals surface area contributed by atoms with Crippen molar-refractivity contribution in [3.63, 3.8) is 0 Å². The molecule has 2 N–H and O–H groups in total. The van der Waals surface area contributed by atoms with E-state index in [0.29, 0.717) is 18.7 Å². The fourth-order valence-corrected chi connectivity index (χ4v) is 3.95. The highest BCUT2D eigenvalue weighted by atomic mass is 16.1. The van der Waals surface area contributed by atoms with Crippen molar-refractivity contribution in [2.75, 3.05) is 31.5 Å². The highest BCUT2D eigenvalue weighted by molar-refractivity contribution is 5.94. The zero-order chi connectivity index (χ0) is 22.0. The van der Waals surface area contributed by atoms with Gasteiger partial charge < -0.3 is 15.5 Å². The van der Waals surface area contributed by atoms with Gasteiger partial charge >= 0.3 is 0 Å². The Kier molecular flexibility index (Phi) is 7.82. The molecule has 0 saturated carbocycles. The molecular weight excluding hydrogens is 398 g/mol. The van der Waals surface area contributed by atoms with E-state index < -0.39 is 0 Å². The van der Waals surface area contributed by atoms with Crippen molar-refractivity contribution < 1.29 is 4.79 Å². The summed E-state index contributed by atoms with van der Waals surface area (Å²) in [6, 6.07) is 21.6. The van der Waals surface area contributed by atoms with Crippen LogP contribution >= 0.6 is 0 Å². The summed E-state index contributed by atoms with van der Waals surface area (Å²) in [6.07, 6.45) is 4.94. The molecule has 1 aliphatic rings. The Morgan fingerprint density at radius 1 is 0.875 bits per heavy atom. The molecule has 1 aromatic heterocycles. The molecule has 0 unspecified atom stereocenters. The lowest BCUT2D eigenvalue weighted by molar-refractivity contribution is 0.0951. The van der Waals surface area contributed by atoms with Gasteiger partial charge in [0, 0.05) is 24.2 Å². The van der Waals surface area contributed by atoms with Crippen LogP contribution in [-0.4, -0.2) is 47.2 Å². The van der Waals surface area contributed by atoms with Gasteiger partial charge in [0.25, 0.3) is 5.91 Å². The van der Waals surface area contributed by atoms with E-state index >= 15 is 0 Å². The molecule has 1 amide bonds. The molecule has 0 spiro atoms. The molecule has 6 heteroatoms. The Morgan fingerprint density at radius 2 is 1.66 bits per heavy atom. The van der Waals surface area contributed by atoms with Gasteiger partial charge in [0.05, 0.1) is 5.69 Å². The van der Waals surface area contributed by atoms with Crippen LogP contribution in [0.1, 0.15) is 41.6 Å². The summed E-state index contributed by atoms with van der Waals surface area (Å²) in [5.41, 5.74) is 3.58. The van der Waals surface area contributed by atoms with Crippen molar-refractivity contribution in [3.8, 4) is 11.3 Å². The number of anilines is 1. The van der Waals surface area contributed by atoms with Crippen molar-refractivity contribution >= 4 is 11.7 Å². The highest BCUT2D eigenvalue weighted by Crippen LogP contribution is 2.18. The van der Waals surface area contributed by atoms with E-state index in [1.807, 2.05) is 54.6 Å². The largest absolute Gasteiger partial charge is 0.365 e. The maximum Gasteiger partial charge on any atom is 0.251 e. The number of nitrogens with zero attached hydrogens (tertiary/aromatic N) is 3.